The van der Waals surface area contributed by atoms with E-state index >= 15 is 0 Å². The third kappa shape index (κ3) is 3.76. The Balaban J connectivity index is 1.31. The van der Waals surface area contributed by atoms with E-state index in [0.717, 1.165) is 22.7 Å². The largest absolute Gasteiger partial charge is 0.416 e. The van der Waals surface area contributed by atoms with Crippen molar-refractivity contribution in [1.29, 1.82) is 0 Å². The van der Waals surface area contributed by atoms with Crippen molar-refractivity contribution in [2.75, 3.05) is 31.1 Å². The molecule has 4 aromatic rings. The fourth-order valence-corrected chi connectivity index (χ4v) is 4.08. The second kappa shape index (κ2) is 7.42. The van der Waals surface area contributed by atoms with Gasteiger partial charge in [0.05, 0.1) is 16.8 Å². The number of nitrogens with zero attached hydrogens (tertiary/aromatic N) is 4. The van der Waals surface area contributed by atoms with Gasteiger partial charge in [0, 0.05) is 50.0 Å². The van der Waals surface area contributed by atoms with Crippen LogP contribution in [0.15, 0.2) is 59.5 Å². The number of H-pyrrole nitrogens is 1. The third-order valence-electron chi connectivity index (χ3n) is 5.68. The lowest BCUT2D eigenvalue weighted by molar-refractivity contribution is -0.137. The van der Waals surface area contributed by atoms with Crippen LogP contribution in [0.2, 0.25) is 0 Å². The van der Waals surface area contributed by atoms with Crippen LogP contribution in [0.4, 0.5) is 18.9 Å². The fourth-order valence-electron chi connectivity index (χ4n) is 4.08. The van der Waals surface area contributed by atoms with Crippen LogP contribution in [-0.2, 0) is 12.7 Å². The lowest BCUT2D eigenvalue weighted by atomic mass is 10.1. The molecule has 3 heterocycles. The Hall–Kier alpha value is -3.33. The second-order valence-electron chi connectivity index (χ2n) is 7.71. The topological polar surface area (TPSA) is 56.6 Å². The summed E-state index contributed by atoms with van der Waals surface area (Å²) in [5.74, 6) is 0. The molecule has 6 nitrogen and oxygen atoms in total. The number of alkyl halides is 3. The predicted molar refractivity (Wildman–Crippen MR) is 112 cm³/mol. The molecular weight excluding hydrogens is 407 g/mol. The summed E-state index contributed by atoms with van der Waals surface area (Å²) in [5, 5.41) is 0.878. The van der Waals surface area contributed by atoms with Crippen molar-refractivity contribution in [3.63, 3.8) is 0 Å². The Labute approximate surface area is 175 Å². The van der Waals surface area contributed by atoms with Gasteiger partial charge in [-0.3, -0.25) is 9.30 Å². The number of aromatic amines is 1. The van der Waals surface area contributed by atoms with Gasteiger partial charge in [-0.05, 0) is 30.3 Å². The molecule has 0 saturated carbocycles. The molecule has 2 aromatic carbocycles. The van der Waals surface area contributed by atoms with E-state index in [0.29, 0.717) is 44.1 Å². The second-order valence-corrected chi connectivity index (χ2v) is 7.71. The van der Waals surface area contributed by atoms with Crippen LogP contribution in [0.1, 0.15) is 11.3 Å². The molecule has 5 rings (SSSR count). The van der Waals surface area contributed by atoms with Crippen molar-refractivity contribution in [1.82, 2.24) is 19.3 Å². The number of imidazole rings is 1. The molecule has 0 amide bonds. The highest BCUT2D eigenvalue weighted by Gasteiger charge is 2.31. The molecule has 0 atom stereocenters. The summed E-state index contributed by atoms with van der Waals surface area (Å²) in [6.45, 7) is 3.21. The van der Waals surface area contributed by atoms with Crippen LogP contribution in [-0.4, -0.2) is 45.4 Å². The van der Waals surface area contributed by atoms with Gasteiger partial charge >= 0.3 is 11.9 Å². The SMILES string of the molecule is O=c1[nH]c2ccccc2c2nc(CN3CCN(c4cccc(C(F)(F)F)c4)CC3)cn12. The number of nitrogens with one attached hydrogen (secondary N) is 1. The molecule has 0 spiro atoms. The zero-order chi connectivity index (χ0) is 21.6. The molecule has 31 heavy (non-hydrogen) atoms. The fraction of sp³-hybridized carbons (Fsp3) is 0.273. The van der Waals surface area contributed by atoms with Gasteiger partial charge in [0.15, 0.2) is 5.65 Å². The van der Waals surface area contributed by atoms with E-state index in [2.05, 4.69) is 14.9 Å². The summed E-state index contributed by atoms with van der Waals surface area (Å²) in [7, 11) is 0. The van der Waals surface area contributed by atoms with E-state index in [1.807, 2.05) is 29.2 Å². The zero-order valence-electron chi connectivity index (χ0n) is 16.6. The molecule has 0 radical (unpaired) electrons. The molecule has 1 saturated heterocycles. The summed E-state index contributed by atoms with van der Waals surface area (Å²) in [5.41, 5.74) is 1.87. The molecule has 1 aliphatic heterocycles. The van der Waals surface area contributed by atoms with Gasteiger partial charge in [-0.15, -0.1) is 0 Å². The van der Waals surface area contributed by atoms with Gasteiger partial charge in [0.25, 0.3) is 0 Å². The maximum Gasteiger partial charge on any atom is 0.416 e. The molecule has 0 bridgehead atoms. The standard InChI is InChI=1S/C22H20F3N5O/c23-22(24,25)15-4-3-5-17(12-15)29-10-8-28(9-11-29)13-16-14-30-20(26-16)18-6-1-2-7-19(18)27-21(30)31/h1-7,12,14H,8-11,13H2,(H,27,31). The summed E-state index contributed by atoms with van der Waals surface area (Å²) in [6, 6.07) is 13.0. The highest BCUT2D eigenvalue weighted by atomic mass is 19.4. The van der Waals surface area contributed by atoms with E-state index in [1.54, 1.807) is 12.3 Å². The maximum absolute atomic E-state index is 13.0. The van der Waals surface area contributed by atoms with E-state index in [-0.39, 0.29) is 5.69 Å². The van der Waals surface area contributed by atoms with E-state index in [9.17, 15) is 18.0 Å². The molecule has 1 N–H and O–H groups in total. The van der Waals surface area contributed by atoms with E-state index in [4.69, 9.17) is 0 Å². The van der Waals surface area contributed by atoms with Crippen molar-refractivity contribution in [2.24, 2.45) is 0 Å². The summed E-state index contributed by atoms with van der Waals surface area (Å²) in [4.78, 5) is 24.1. The van der Waals surface area contributed by atoms with Gasteiger partial charge in [-0.25, -0.2) is 9.78 Å². The quantitative estimate of drug-likeness (QED) is 0.544. The van der Waals surface area contributed by atoms with Crippen molar-refractivity contribution in [3.05, 3.63) is 76.5 Å². The lowest BCUT2D eigenvalue weighted by Gasteiger charge is -2.36. The number of halogens is 3. The number of rotatable bonds is 3. The number of para-hydroxylation sites is 1. The van der Waals surface area contributed by atoms with Crippen LogP contribution in [0.3, 0.4) is 0 Å². The first-order valence-electron chi connectivity index (χ1n) is 10.0. The molecule has 1 aliphatic rings. The van der Waals surface area contributed by atoms with Crippen molar-refractivity contribution in [2.45, 2.75) is 12.7 Å². The van der Waals surface area contributed by atoms with Gasteiger partial charge in [0.1, 0.15) is 0 Å². The number of hydrogen-bond acceptors (Lipinski definition) is 4. The first-order chi connectivity index (χ1) is 14.9. The van der Waals surface area contributed by atoms with Crippen LogP contribution in [0, 0.1) is 0 Å². The van der Waals surface area contributed by atoms with Crippen molar-refractivity contribution in [3.8, 4) is 0 Å². The first kappa shape index (κ1) is 19.6. The highest BCUT2D eigenvalue weighted by molar-refractivity contribution is 5.90. The number of anilines is 1. The maximum atomic E-state index is 13.0. The van der Waals surface area contributed by atoms with Crippen LogP contribution in [0.25, 0.3) is 16.6 Å². The third-order valence-corrected chi connectivity index (χ3v) is 5.68. The minimum Gasteiger partial charge on any atom is -0.369 e. The smallest absolute Gasteiger partial charge is 0.369 e. The Morgan fingerprint density at radius 2 is 1.77 bits per heavy atom. The normalized spacial score (nSPS) is 15.8. The summed E-state index contributed by atoms with van der Waals surface area (Å²) in [6.07, 6.45) is -2.59. The molecule has 0 aliphatic carbocycles. The molecular formula is C22H20F3N5O. The van der Waals surface area contributed by atoms with Crippen molar-refractivity contribution < 1.29 is 13.2 Å². The molecule has 0 unspecified atom stereocenters. The Morgan fingerprint density at radius 3 is 2.55 bits per heavy atom. The van der Waals surface area contributed by atoms with Gasteiger partial charge < -0.3 is 9.88 Å². The average molecular weight is 427 g/mol. The summed E-state index contributed by atoms with van der Waals surface area (Å²) >= 11 is 0. The molecule has 1 fully saturated rings. The van der Waals surface area contributed by atoms with Crippen LogP contribution >= 0.6 is 0 Å². The van der Waals surface area contributed by atoms with Gasteiger partial charge in [-0.1, -0.05) is 18.2 Å². The average Bonchev–Trinajstić information content (AvgIpc) is 3.19. The first-order valence-corrected chi connectivity index (χ1v) is 10.0. The molecule has 9 heteroatoms. The zero-order valence-corrected chi connectivity index (χ0v) is 16.6. The monoisotopic (exact) mass is 427 g/mol. The minimum absolute atomic E-state index is 0.234. The van der Waals surface area contributed by atoms with Crippen molar-refractivity contribution >= 4 is 22.2 Å². The molecule has 2 aromatic heterocycles. The highest BCUT2D eigenvalue weighted by Crippen LogP contribution is 2.32. The van der Waals surface area contributed by atoms with Gasteiger partial charge in [0.2, 0.25) is 0 Å². The van der Waals surface area contributed by atoms with E-state index < -0.39 is 11.7 Å². The Morgan fingerprint density at radius 1 is 1.00 bits per heavy atom. The lowest BCUT2D eigenvalue weighted by Crippen LogP contribution is -2.46. The Kier molecular flexibility index (Phi) is 4.70. The Bertz CT molecular complexity index is 1300. The summed E-state index contributed by atoms with van der Waals surface area (Å²) < 4.78 is 40.5. The van der Waals surface area contributed by atoms with Crippen LogP contribution in [0.5, 0.6) is 0 Å². The molecule has 160 valence electrons. The van der Waals surface area contributed by atoms with E-state index in [1.165, 1.54) is 16.5 Å². The minimum atomic E-state index is -4.34. The number of hydrogen-bond donors (Lipinski definition) is 1. The van der Waals surface area contributed by atoms with Crippen LogP contribution < -0.4 is 10.6 Å². The number of fused-ring (bicyclic) bond motifs is 3. The number of piperazine rings is 1. The number of aromatic nitrogens is 3. The van der Waals surface area contributed by atoms with Gasteiger partial charge in [-0.2, -0.15) is 13.2 Å². The number of benzene rings is 2. The predicted octanol–water partition coefficient (Wildman–Crippen LogP) is 3.52.